The summed E-state index contributed by atoms with van der Waals surface area (Å²) in [6.07, 6.45) is 6.16. The highest BCUT2D eigenvalue weighted by Gasteiger charge is 1.91. The van der Waals surface area contributed by atoms with Gasteiger partial charge in [0, 0.05) is 0 Å². The zero-order chi connectivity index (χ0) is 9.56. The molecule has 0 fully saturated rings. The first-order chi connectivity index (χ1) is 5.61. The van der Waals surface area contributed by atoms with Crippen LogP contribution in [0.5, 0.6) is 0 Å². The maximum absolute atomic E-state index is 10.4. The van der Waals surface area contributed by atoms with Gasteiger partial charge in [0.1, 0.15) is 6.29 Å². The Morgan fingerprint density at radius 2 is 1.83 bits per heavy atom. The predicted octanol–water partition coefficient (Wildman–Crippen LogP) is 2.82. The van der Waals surface area contributed by atoms with Crippen LogP contribution >= 0.6 is 0 Å². The number of allylic oxidation sites excluding steroid dienone is 6. The average molecular weight is 162 g/mol. The fourth-order valence-corrected chi connectivity index (χ4v) is 0.661. The molecular formula is C11H14O. The fourth-order valence-electron chi connectivity index (χ4n) is 0.661. The Hall–Kier alpha value is -1.37. The summed E-state index contributed by atoms with van der Waals surface area (Å²) in [5.74, 6) is 0. The van der Waals surface area contributed by atoms with Crippen molar-refractivity contribution in [2.75, 3.05) is 0 Å². The molecular weight excluding hydrogens is 148 g/mol. The Balaban J connectivity index is 4.70. The fraction of sp³-hybridized carbons (Fsp3) is 0.182. The molecule has 1 nitrogen and oxygen atoms in total. The summed E-state index contributed by atoms with van der Waals surface area (Å²) in [5, 5.41) is 0. The zero-order valence-corrected chi connectivity index (χ0v) is 7.63. The van der Waals surface area contributed by atoms with Gasteiger partial charge in [-0.1, -0.05) is 37.0 Å². The largest absolute Gasteiger partial charge is 0.298 e. The molecule has 0 aliphatic rings. The summed E-state index contributed by atoms with van der Waals surface area (Å²) in [7, 11) is 0. The van der Waals surface area contributed by atoms with Gasteiger partial charge in [-0.2, -0.15) is 0 Å². The van der Waals surface area contributed by atoms with E-state index in [9.17, 15) is 4.79 Å². The normalized spacial score (nSPS) is 12.5. The second-order valence-corrected chi connectivity index (χ2v) is 2.64. The van der Waals surface area contributed by atoms with Gasteiger partial charge in [-0.05, 0) is 25.0 Å². The summed E-state index contributed by atoms with van der Waals surface area (Å²) in [4.78, 5) is 10.4. The molecule has 0 aromatic carbocycles. The monoisotopic (exact) mass is 162 g/mol. The molecule has 12 heavy (non-hydrogen) atoms. The Morgan fingerprint density at radius 1 is 1.25 bits per heavy atom. The molecule has 0 aromatic heterocycles. The topological polar surface area (TPSA) is 17.1 Å². The van der Waals surface area contributed by atoms with Crippen LogP contribution in [0.25, 0.3) is 0 Å². The van der Waals surface area contributed by atoms with Crippen LogP contribution in [0.2, 0.25) is 0 Å². The molecule has 1 heteroatoms. The molecule has 0 spiro atoms. The molecule has 0 atom stereocenters. The summed E-state index contributed by atoms with van der Waals surface area (Å²) in [6.45, 7) is 11.0. The second kappa shape index (κ2) is 5.30. The van der Waals surface area contributed by atoms with Crippen molar-refractivity contribution in [3.05, 3.63) is 48.1 Å². The van der Waals surface area contributed by atoms with Crippen molar-refractivity contribution in [2.45, 2.75) is 13.8 Å². The maximum atomic E-state index is 10.4. The van der Waals surface area contributed by atoms with E-state index in [1.807, 2.05) is 19.1 Å². The second-order valence-electron chi connectivity index (χ2n) is 2.64. The van der Waals surface area contributed by atoms with E-state index in [2.05, 4.69) is 13.2 Å². The molecule has 0 N–H and O–H groups in total. The number of aldehydes is 1. The third-order valence-corrected chi connectivity index (χ3v) is 1.40. The van der Waals surface area contributed by atoms with E-state index in [4.69, 9.17) is 0 Å². The van der Waals surface area contributed by atoms with Crippen LogP contribution < -0.4 is 0 Å². The van der Waals surface area contributed by atoms with Crippen molar-refractivity contribution in [1.82, 2.24) is 0 Å². The van der Waals surface area contributed by atoms with E-state index in [1.165, 1.54) is 0 Å². The SMILES string of the molecule is C=CC(C=CC(=C)C)=C(C)C=O. The summed E-state index contributed by atoms with van der Waals surface area (Å²) < 4.78 is 0. The number of hydrogen-bond acceptors (Lipinski definition) is 1. The van der Waals surface area contributed by atoms with Gasteiger partial charge < -0.3 is 0 Å². The Kier molecular flexibility index (Phi) is 4.70. The van der Waals surface area contributed by atoms with Crippen LogP contribution in [0.1, 0.15) is 13.8 Å². The molecule has 0 saturated heterocycles. The molecule has 0 saturated carbocycles. The Morgan fingerprint density at radius 3 is 2.17 bits per heavy atom. The van der Waals surface area contributed by atoms with Crippen LogP contribution in [0.15, 0.2) is 48.1 Å². The van der Waals surface area contributed by atoms with Gasteiger partial charge >= 0.3 is 0 Å². The smallest absolute Gasteiger partial charge is 0.146 e. The van der Waals surface area contributed by atoms with Crippen molar-refractivity contribution >= 4 is 6.29 Å². The van der Waals surface area contributed by atoms with Gasteiger partial charge in [-0.25, -0.2) is 0 Å². The van der Waals surface area contributed by atoms with E-state index in [0.717, 1.165) is 17.4 Å². The third kappa shape index (κ3) is 3.71. The first-order valence-electron chi connectivity index (χ1n) is 3.74. The number of rotatable bonds is 4. The lowest BCUT2D eigenvalue weighted by Crippen LogP contribution is -1.82. The van der Waals surface area contributed by atoms with Gasteiger partial charge in [-0.15, -0.1) is 0 Å². The minimum absolute atomic E-state index is 0.683. The van der Waals surface area contributed by atoms with Gasteiger partial charge in [0.25, 0.3) is 0 Å². The van der Waals surface area contributed by atoms with Crippen LogP contribution in [-0.4, -0.2) is 6.29 Å². The van der Waals surface area contributed by atoms with Crippen molar-refractivity contribution in [3.63, 3.8) is 0 Å². The molecule has 0 bridgehead atoms. The van der Waals surface area contributed by atoms with Gasteiger partial charge in [0.2, 0.25) is 0 Å². The van der Waals surface area contributed by atoms with E-state index >= 15 is 0 Å². The van der Waals surface area contributed by atoms with Crippen molar-refractivity contribution in [2.24, 2.45) is 0 Å². The van der Waals surface area contributed by atoms with E-state index in [0.29, 0.717) is 5.57 Å². The van der Waals surface area contributed by atoms with E-state index in [-0.39, 0.29) is 0 Å². The van der Waals surface area contributed by atoms with Gasteiger partial charge in [0.15, 0.2) is 0 Å². The minimum Gasteiger partial charge on any atom is -0.298 e. The summed E-state index contributed by atoms with van der Waals surface area (Å²) >= 11 is 0. The quantitative estimate of drug-likeness (QED) is 0.353. The average Bonchev–Trinajstić information content (AvgIpc) is 2.04. The first kappa shape index (κ1) is 10.6. The molecule has 0 aliphatic carbocycles. The standard InChI is InChI=1S/C11H14O/c1-5-11(10(4)8-12)7-6-9(2)3/h5-8H,1-2H2,3-4H3. The zero-order valence-electron chi connectivity index (χ0n) is 7.63. The van der Waals surface area contributed by atoms with Crippen LogP contribution in [0, 0.1) is 0 Å². The highest BCUT2D eigenvalue weighted by Crippen LogP contribution is 2.06. The van der Waals surface area contributed by atoms with Gasteiger partial charge in [0.05, 0.1) is 0 Å². The van der Waals surface area contributed by atoms with Gasteiger partial charge in [-0.3, -0.25) is 4.79 Å². The Bertz CT molecular complexity index is 254. The van der Waals surface area contributed by atoms with Crippen LogP contribution in [-0.2, 0) is 4.79 Å². The number of carbonyl (C=O) groups is 1. The molecule has 0 aliphatic heterocycles. The maximum Gasteiger partial charge on any atom is 0.146 e. The number of hydrogen-bond donors (Lipinski definition) is 0. The molecule has 64 valence electrons. The van der Waals surface area contributed by atoms with E-state index in [1.54, 1.807) is 13.0 Å². The Labute approximate surface area is 73.8 Å². The van der Waals surface area contributed by atoms with Crippen molar-refractivity contribution in [1.29, 1.82) is 0 Å². The molecule has 0 unspecified atom stereocenters. The molecule has 0 amide bonds. The summed E-state index contributed by atoms with van der Waals surface area (Å²) in [5.41, 5.74) is 2.48. The van der Waals surface area contributed by atoms with E-state index < -0.39 is 0 Å². The number of carbonyl (C=O) groups excluding carboxylic acids is 1. The predicted molar refractivity (Wildman–Crippen MR) is 52.9 cm³/mol. The molecule has 0 rings (SSSR count). The lowest BCUT2D eigenvalue weighted by molar-refractivity contribution is -0.104. The van der Waals surface area contributed by atoms with Crippen LogP contribution in [0.4, 0.5) is 0 Å². The first-order valence-corrected chi connectivity index (χ1v) is 3.74. The van der Waals surface area contributed by atoms with Crippen LogP contribution in [0.3, 0.4) is 0 Å². The molecule has 0 aromatic rings. The molecule has 0 heterocycles. The van der Waals surface area contributed by atoms with Crippen molar-refractivity contribution < 1.29 is 4.79 Å². The summed E-state index contributed by atoms with van der Waals surface area (Å²) in [6, 6.07) is 0. The van der Waals surface area contributed by atoms with Crippen molar-refractivity contribution in [3.8, 4) is 0 Å². The third-order valence-electron chi connectivity index (χ3n) is 1.40. The molecule has 0 radical (unpaired) electrons. The highest BCUT2D eigenvalue weighted by atomic mass is 16.1. The lowest BCUT2D eigenvalue weighted by Gasteiger charge is -1.95. The minimum atomic E-state index is 0.683. The lowest BCUT2D eigenvalue weighted by atomic mass is 10.1. The highest BCUT2D eigenvalue weighted by molar-refractivity contribution is 5.75.